The summed E-state index contributed by atoms with van der Waals surface area (Å²) < 4.78 is 10.2. The maximum Gasteiger partial charge on any atom is 0.225 e. The number of hydrogen-bond donors (Lipinski definition) is 1. The number of piperidine rings is 1. The van der Waals surface area contributed by atoms with Gasteiger partial charge in [0.25, 0.3) is 0 Å². The van der Waals surface area contributed by atoms with E-state index < -0.39 is 0 Å². The second-order valence-corrected chi connectivity index (χ2v) is 6.31. The number of amides is 2. The topological polar surface area (TPSA) is 67.9 Å². The lowest BCUT2D eigenvalue weighted by Gasteiger charge is -2.41. The Balaban J connectivity index is 2.30. The Hall–Kier alpha value is -1.92. The number of methoxy groups -OCH3 is 2. The van der Waals surface area contributed by atoms with Crippen LogP contribution in [0.25, 0.3) is 0 Å². The zero-order valence-corrected chi connectivity index (χ0v) is 15.3. The van der Waals surface area contributed by atoms with Gasteiger partial charge in [-0.3, -0.25) is 9.59 Å². The Morgan fingerprint density at radius 2 is 1.96 bits per heavy atom. The first-order valence-corrected chi connectivity index (χ1v) is 8.70. The minimum atomic E-state index is -0.271. The van der Waals surface area contributed by atoms with Crippen LogP contribution in [0.1, 0.15) is 30.0 Å². The highest BCUT2D eigenvalue weighted by Gasteiger charge is 2.40. The average molecular weight is 348 g/mol. The molecule has 1 saturated heterocycles. The van der Waals surface area contributed by atoms with Gasteiger partial charge >= 0.3 is 0 Å². The number of benzene rings is 1. The molecule has 2 atom stereocenters. The highest BCUT2D eigenvalue weighted by Crippen LogP contribution is 2.38. The Morgan fingerprint density at radius 1 is 1.24 bits per heavy atom. The molecule has 2 amide bonds. The van der Waals surface area contributed by atoms with E-state index in [1.807, 2.05) is 31.2 Å². The third kappa shape index (κ3) is 4.80. The first-order chi connectivity index (χ1) is 12.1. The van der Waals surface area contributed by atoms with E-state index in [0.29, 0.717) is 39.1 Å². The Morgan fingerprint density at radius 3 is 2.64 bits per heavy atom. The van der Waals surface area contributed by atoms with Crippen LogP contribution < -0.4 is 5.32 Å². The van der Waals surface area contributed by atoms with Crippen LogP contribution in [0.15, 0.2) is 24.3 Å². The molecule has 0 spiro atoms. The molecule has 0 saturated carbocycles. The molecule has 0 aliphatic carbocycles. The minimum Gasteiger partial charge on any atom is -0.383 e. The lowest BCUT2D eigenvalue weighted by molar-refractivity contribution is -0.144. The number of rotatable bonds is 8. The van der Waals surface area contributed by atoms with E-state index in [1.165, 1.54) is 0 Å². The van der Waals surface area contributed by atoms with E-state index in [9.17, 15) is 9.59 Å². The summed E-state index contributed by atoms with van der Waals surface area (Å²) in [6, 6.07) is 7.68. The molecule has 6 nitrogen and oxygen atoms in total. The van der Waals surface area contributed by atoms with Crippen molar-refractivity contribution >= 4 is 11.8 Å². The van der Waals surface area contributed by atoms with Crippen LogP contribution in [-0.2, 0) is 19.1 Å². The number of likely N-dealkylation sites (tertiary alicyclic amines) is 1. The molecular formula is C19H28N2O4. The summed E-state index contributed by atoms with van der Waals surface area (Å²) in [4.78, 5) is 27.1. The molecule has 0 aromatic heterocycles. The summed E-state index contributed by atoms with van der Waals surface area (Å²) in [5.41, 5.74) is 2.11. The van der Waals surface area contributed by atoms with Crippen LogP contribution in [0.4, 0.5) is 0 Å². The van der Waals surface area contributed by atoms with Crippen LogP contribution in [0, 0.1) is 12.8 Å². The summed E-state index contributed by atoms with van der Waals surface area (Å²) >= 11 is 0. The van der Waals surface area contributed by atoms with Crippen molar-refractivity contribution in [3.05, 3.63) is 35.4 Å². The predicted octanol–water partition coefficient (Wildman–Crippen LogP) is 1.68. The van der Waals surface area contributed by atoms with Gasteiger partial charge < -0.3 is 19.7 Å². The highest BCUT2D eigenvalue weighted by atomic mass is 16.5. The van der Waals surface area contributed by atoms with E-state index in [2.05, 4.69) is 5.32 Å². The predicted molar refractivity (Wildman–Crippen MR) is 95.1 cm³/mol. The molecule has 0 radical (unpaired) electrons. The van der Waals surface area contributed by atoms with E-state index >= 15 is 0 Å². The fourth-order valence-electron chi connectivity index (χ4n) is 3.39. The van der Waals surface area contributed by atoms with E-state index in [1.54, 1.807) is 19.1 Å². The second-order valence-electron chi connectivity index (χ2n) is 6.31. The number of carbonyl (C=O) groups is 2. The summed E-state index contributed by atoms with van der Waals surface area (Å²) in [6.07, 6.45) is 0.939. The van der Waals surface area contributed by atoms with Gasteiger partial charge in [-0.25, -0.2) is 0 Å². The van der Waals surface area contributed by atoms with Crippen LogP contribution in [0.3, 0.4) is 0 Å². The van der Waals surface area contributed by atoms with Crippen molar-refractivity contribution in [2.45, 2.75) is 25.8 Å². The van der Waals surface area contributed by atoms with Crippen LogP contribution in [-0.4, -0.2) is 57.2 Å². The van der Waals surface area contributed by atoms with Crippen molar-refractivity contribution in [3.8, 4) is 0 Å². The lowest BCUT2D eigenvalue weighted by atomic mass is 9.82. The van der Waals surface area contributed by atoms with Gasteiger partial charge in [0, 0.05) is 33.7 Å². The normalized spacial score (nSPS) is 20.6. The molecule has 1 aliphatic rings. The highest BCUT2D eigenvalue weighted by molar-refractivity contribution is 5.85. The third-order valence-electron chi connectivity index (χ3n) is 4.69. The first kappa shape index (κ1) is 19.4. The maximum atomic E-state index is 12.8. The molecule has 0 bridgehead atoms. The van der Waals surface area contributed by atoms with Crippen LogP contribution in [0.2, 0.25) is 0 Å². The molecule has 1 aliphatic heterocycles. The number of hydrogen-bond acceptors (Lipinski definition) is 4. The molecule has 6 heteroatoms. The van der Waals surface area contributed by atoms with Crippen molar-refractivity contribution in [2.24, 2.45) is 5.92 Å². The molecule has 1 heterocycles. The van der Waals surface area contributed by atoms with Crippen molar-refractivity contribution in [1.29, 1.82) is 0 Å². The van der Waals surface area contributed by atoms with E-state index in [-0.39, 0.29) is 23.8 Å². The maximum absolute atomic E-state index is 12.8. The summed E-state index contributed by atoms with van der Waals surface area (Å²) in [5.74, 6) is -0.223. The zero-order valence-electron chi connectivity index (χ0n) is 15.3. The minimum absolute atomic E-state index is 0.0276. The van der Waals surface area contributed by atoms with Gasteiger partial charge in [-0.1, -0.05) is 24.3 Å². The monoisotopic (exact) mass is 348 g/mol. The van der Waals surface area contributed by atoms with Crippen molar-refractivity contribution in [3.63, 3.8) is 0 Å². The molecule has 25 heavy (non-hydrogen) atoms. The van der Waals surface area contributed by atoms with Crippen molar-refractivity contribution < 1.29 is 19.1 Å². The molecular weight excluding hydrogens is 320 g/mol. The SMILES string of the molecule is COCCNC(=O)[C@@H]1CCC(=O)N(CCOC)[C@H]1c1ccccc1C. The zero-order chi connectivity index (χ0) is 18.2. The molecule has 1 aromatic carbocycles. The van der Waals surface area contributed by atoms with E-state index in [0.717, 1.165) is 11.1 Å². The van der Waals surface area contributed by atoms with Gasteiger partial charge in [-0.2, -0.15) is 0 Å². The van der Waals surface area contributed by atoms with Gasteiger partial charge in [0.15, 0.2) is 0 Å². The van der Waals surface area contributed by atoms with Crippen LogP contribution >= 0.6 is 0 Å². The molecule has 1 aromatic rings. The van der Waals surface area contributed by atoms with Gasteiger partial charge in [0.1, 0.15) is 0 Å². The van der Waals surface area contributed by atoms with E-state index in [4.69, 9.17) is 9.47 Å². The molecule has 138 valence electrons. The summed E-state index contributed by atoms with van der Waals surface area (Å²) in [6.45, 7) is 3.89. The third-order valence-corrected chi connectivity index (χ3v) is 4.69. The van der Waals surface area contributed by atoms with Crippen molar-refractivity contribution in [1.82, 2.24) is 10.2 Å². The number of aryl methyl sites for hydroxylation is 1. The van der Waals surface area contributed by atoms with Crippen LogP contribution in [0.5, 0.6) is 0 Å². The van der Waals surface area contributed by atoms with Crippen molar-refractivity contribution in [2.75, 3.05) is 40.5 Å². The molecule has 1 fully saturated rings. The second kappa shape index (κ2) is 9.53. The Bertz CT molecular complexity index is 591. The van der Waals surface area contributed by atoms with Gasteiger partial charge in [0.05, 0.1) is 25.2 Å². The number of nitrogens with one attached hydrogen (secondary N) is 1. The fraction of sp³-hybridized carbons (Fsp3) is 0.579. The lowest BCUT2D eigenvalue weighted by Crippen LogP contribution is -2.49. The van der Waals surface area contributed by atoms with Gasteiger partial charge in [-0.15, -0.1) is 0 Å². The Kier molecular flexibility index (Phi) is 7.40. The summed E-state index contributed by atoms with van der Waals surface area (Å²) in [7, 11) is 3.22. The fourth-order valence-corrected chi connectivity index (χ4v) is 3.39. The number of ether oxygens (including phenoxy) is 2. The number of carbonyl (C=O) groups excluding carboxylic acids is 2. The van der Waals surface area contributed by atoms with Gasteiger partial charge in [0.2, 0.25) is 11.8 Å². The average Bonchev–Trinajstić information content (AvgIpc) is 2.61. The number of nitrogens with zero attached hydrogens (tertiary/aromatic N) is 1. The molecule has 2 rings (SSSR count). The molecule has 0 unspecified atom stereocenters. The smallest absolute Gasteiger partial charge is 0.225 e. The standard InChI is InChI=1S/C19H28N2O4/c1-14-6-4-5-7-15(14)18-16(19(23)20-10-12-24-2)8-9-17(22)21(18)11-13-25-3/h4-7,16,18H,8-13H2,1-3H3,(H,20,23)/t16-,18+/m1/s1. The Labute approximate surface area is 149 Å². The first-order valence-electron chi connectivity index (χ1n) is 8.70. The molecule has 1 N–H and O–H groups in total. The largest absolute Gasteiger partial charge is 0.383 e. The van der Waals surface area contributed by atoms with Gasteiger partial charge in [-0.05, 0) is 24.5 Å². The quantitative estimate of drug-likeness (QED) is 0.726. The summed E-state index contributed by atoms with van der Waals surface area (Å²) in [5, 5.41) is 2.93.